The van der Waals surface area contributed by atoms with Crippen molar-refractivity contribution in [1.29, 1.82) is 0 Å². The number of aliphatic hydroxyl groups excluding tert-OH is 1. The van der Waals surface area contributed by atoms with E-state index >= 15 is 0 Å². The Balaban J connectivity index is 1.16. The summed E-state index contributed by atoms with van der Waals surface area (Å²) in [7, 11) is 0. The minimum absolute atomic E-state index is 0.00304. The van der Waals surface area contributed by atoms with Crippen LogP contribution in [0.15, 0.2) is 18.2 Å². The number of benzene rings is 1. The molecule has 4 atom stereocenters. The summed E-state index contributed by atoms with van der Waals surface area (Å²) < 4.78 is 38.9. The number of aliphatic hydroxyl groups is 1. The van der Waals surface area contributed by atoms with Gasteiger partial charge in [-0.05, 0) is 69.1 Å². The molecule has 1 spiro atoms. The highest BCUT2D eigenvalue weighted by Crippen LogP contribution is 2.53. The van der Waals surface area contributed by atoms with Gasteiger partial charge in [-0.3, -0.25) is 9.59 Å². The molecule has 5 rings (SSSR count). The van der Waals surface area contributed by atoms with Crippen LogP contribution in [-0.4, -0.2) is 81.5 Å². The van der Waals surface area contributed by atoms with Crippen molar-refractivity contribution in [3.8, 4) is 0 Å². The van der Waals surface area contributed by atoms with E-state index in [0.717, 1.165) is 43.9 Å². The summed E-state index contributed by atoms with van der Waals surface area (Å²) in [6, 6.07) is 1.34. The molecule has 1 unspecified atom stereocenters. The molecule has 0 bridgehead atoms. The van der Waals surface area contributed by atoms with E-state index in [1.54, 1.807) is 16.7 Å². The molecule has 4 amide bonds. The number of halogens is 4. The van der Waals surface area contributed by atoms with Crippen molar-refractivity contribution in [1.82, 2.24) is 14.7 Å². The number of carbonyl (C=O) groups excluding carboxylic acids is 3. The molecule has 208 valence electrons. The van der Waals surface area contributed by atoms with E-state index < -0.39 is 34.9 Å². The van der Waals surface area contributed by atoms with Gasteiger partial charge in [-0.1, -0.05) is 11.6 Å². The average molecular weight is 557 g/mol. The number of nitrogens with zero attached hydrogens (tertiary/aromatic N) is 3. The van der Waals surface area contributed by atoms with Gasteiger partial charge in [0.1, 0.15) is 6.04 Å². The number of hydrogen-bond acceptors (Lipinski definition) is 4. The van der Waals surface area contributed by atoms with Gasteiger partial charge in [0.15, 0.2) is 0 Å². The number of piperazine rings is 1. The first-order valence-corrected chi connectivity index (χ1v) is 13.5. The summed E-state index contributed by atoms with van der Waals surface area (Å²) in [4.78, 5) is 44.0. The fourth-order valence-electron chi connectivity index (χ4n) is 6.23. The average Bonchev–Trinajstić information content (AvgIpc) is 3.51. The van der Waals surface area contributed by atoms with Gasteiger partial charge >= 0.3 is 12.2 Å². The molecule has 12 heteroatoms. The number of piperidine rings is 1. The summed E-state index contributed by atoms with van der Waals surface area (Å²) in [6.45, 7) is 2.95. The van der Waals surface area contributed by atoms with E-state index in [-0.39, 0.29) is 41.5 Å². The second-order valence-electron chi connectivity index (χ2n) is 11.1. The van der Waals surface area contributed by atoms with Crippen molar-refractivity contribution in [2.24, 2.45) is 5.41 Å². The lowest BCUT2D eigenvalue weighted by atomic mass is 9.90. The molecule has 0 radical (unpaired) electrons. The normalized spacial score (nSPS) is 28.5. The molecule has 1 saturated carbocycles. The number of anilines is 1. The zero-order valence-electron chi connectivity index (χ0n) is 21.1. The number of carbonyl (C=O) groups is 3. The number of fused-ring (bicyclic) bond motifs is 1. The zero-order valence-corrected chi connectivity index (χ0v) is 21.9. The highest BCUT2D eigenvalue weighted by atomic mass is 35.5. The number of nitrogens with one attached hydrogen (secondary N) is 1. The fraction of sp³-hybridized carbons (Fsp3) is 0.654. The Bertz CT molecular complexity index is 1130. The lowest BCUT2D eigenvalue weighted by Crippen LogP contribution is -2.62. The van der Waals surface area contributed by atoms with Gasteiger partial charge in [0, 0.05) is 43.8 Å². The quantitative estimate of drug-likeness (QED) is 0.584. The highest BCUT2D eigenvalue weighted by molar-refractivity contribution is 6.31. The van der Waals surface area contributed by atoms with E-state index in [4.69, 9.17) is 11.6 Å². The minimum atomic E-state index is -4.60. The number of alkyl halides is 3. The summed E-state index contributed by atoms with van der Waals surface area (Å²) >= 11 is 5.76. The number of hydrogen-bond donors (Lipinski definition) is 2. The molecule has 1 aromatic rings. The van der Waals surface area contributed by atoms with Crippen LogP contribution in [0.2, 0.25) is 5.02 Å². The first-order chi connectivity index (χ1) is 17.9. The lowest BCUT2D eigenvalue weighted by Gasteiger charge is -2.43. The molecule has 3 heterocycles. The molecule has 3 aliphatic heterocycles. The van der Waals surface area contributed by atoms with Gasteiger partial charge in [-0.15, -0.1) is 0 Å². The highest BCUT2D eigenvalue weighted by Gasteiger charge is 2.52. The van der Waals surface area contributed by atoms with Gasteiger partial charge < -0.3 is 25.1 Å². The largest absolute Gasteiger partial charge is 0.417 e. The number of amides is 4. The van der Waals surface area contributed by atoms with Crippen LogP contribution in [0.3, 0.4) is 0 Å². The van der Waals surface area contributed by atoms with Crippen molar-refractivity contribution in [3.63, 3.8) is 0 Å². The van der Waals surface area contributed by atoms with E-state index in [2.05, 4.69) is 5.32 Å². The smallest absolute Gasteiger partial charge is 0.391 e. The Morgan fingerprint density at radius 2 is 1.92 bits per heavy atom. The molecular weight excluding hydrogens is 525 g/mol. The summed E-state index contributed by atoms with van der Waals surface area (Å²) in [5.41, 5.74) is -0.857. The third kappa shape index (κ3) is 5.06. The standard InChI is InChI=1S/C26H32ClF3N4O4/c1-15-23(37)34-17(5-7-22(36)32-11-10-25(8-9-25)21(35)14-32)3-4-18(34)13-33(15)24(38)31-16-2-6-19(20(27)12-16)26(28,29)30/h2,6,12,15,17-18,21,35H,3-5,7-11,13-14H2,1H3,(H,31,38)/t15-,17?,18-,21+/m0/s1. The minimum Gasteiger partial charge on any atom is -0.391 e. The second kappa shape index (κ2) is 9.89. The Morgan fingerprint density at radius 1 is 1.18 bits per heavy atom. The summed E-state index contributed by atoms with van der Waals surface area (Å²) in [5, 5.41) is 12.4. The van der Waals surface area contributed by atoms with Crippen LogP contribution in [0.1, 0.15) is 57.4 Å². The lowest BCUT2D eigenvalue weighted by molar-refractivity contribution is -0.144. The van der Waals surface area contributed by atoms with Crippen LogP contribution >= 0.6 is 11.6 Å². The zero-order chi connectivity index (χ0) is 27.4. The fourth-order valence-corrected chi connectivity index (χ4v) is 6.52. The van der Waals surface area contributed by atoms with E-state index in [1.165, 1.54) is 4.90 Å². The Morgan fingerprint density at radius 3 is 2.55 bits per heavy atom. The van der Waals surface area contributed by atoms with Crippen LogP contribution in [0, 0.1) is 5.41 Å². The molecule has 4 aliphatic rings. The Kier molecular flexibility index (Phi) is 7.04. The molecule has 3 saturated heterocycles. The predicted octanol–water partition coefficient (Wildman–Crippen LogP) is 4.11. The Labute approximate surface area is 224 Å². The van der Waals surface area contributed by atoms with Crippen LogP contribution in [0.25, 0.3) is 0 Å². The first kappa shape index (κ1) is 27.1. The maximum atomic E-state index is 13.3. The predicted molar refractivity (Wildman–Crippen MR) is 133 cm³/mol. The van der Waals surface area contributed by atoms with Crippen molar-refractivity contribution in [3.05, 3.63) is 28.8 Å². The number of β-amino-alcohol motifs (C(OH)–C–C–N with tert-alkyl or cyclic N) is 1. The van der Waals surface area contributed by atoms with E-state index in [0.29, 0.717) is 32.4 Å². The molecule has 2 N–H and O–H groups in total. The third-order valence-corrected chi connectivity index (χ3v) is 9.12. The van der Waals surface area contributed by atoms with Crippen LogP contribution in [0.4, 0.5) is 23.7 Å². The van der Waals surface area contributed by atoms with Gasteiger partial charge in [0.2, 0.25) is 11.8 Å². The van der Waals surface area contributed by atoms with E-state index in [1.807, 2.05) is 0 Å². The topological polar surface area (TPSA) is 93.2 Å². The maximum absolute atomic E-state index is 13.3. The molecule has 1 aromatic carbocycles. The van der Waals surface area contributed by atoms with E-state index in [9.17, 15) is 32.7 Å². The van der Waals surface area contributed by atoms with Gasteiger partial charge in [0.25, 0.3) is 0 Å². The molecule has 1 aliphatic carbocycles. The summed E-state index contributed by atoms with van der Waals surface area (Å²) in [6.07, 6.45) is 0.0833. The van der Waals surface area contributed by atoms with Crippen LogP contribution in [-0.2, 0) is 15.8 Å². The molecule has 38 heavy (non-hydrogen) atoms. The molecule has 0 aromatic heterocycles. The first-order valence-electron chi connectivity index (χ1n) is 13.1. The number of urea groups is 1. The van der Waals surface area contributed by atoms with Gasteiger partial charge in [0.05, 0.1) is 16.7 Å². The molecule has 4 fully saturated rings. The Hall–Kier alpha value is -2.53. The summed E-state index contributed by atoms with van der Waals surface area (Å²) in [5.74, 6) is -0.211. The van der Waals surface area contributed by atoms with Gasteiger partial charge in [-0.25, -0.2) is 4.79 Å². The van der Waals surface area contributed by atoms with Crippen molar-refractivity contribution >= 4 is 35.1 Å². The maximum Gasteiger partial charge on any atom is 0.417 e. The van der Waals surface area contributed by atoms with Crippen LogP contribution < -0.4 is 5.32 Å². The second-order valence-corrected chi connectivity index (χ2v) is 11.5. The monoisotopic (exact) mass is 556 g/mol. The van der Waals surface area contributed by atoms with Crippen LogP contribution in [0.5, 0.6) is 0 Å². The van der Waals surface area contributed by atoms with Crippen molar-refractivity contribution in [2.75, 3.05) is 25.0 Å². The SMILES string of the molecule is C[C@H]1C(=O)N2C(CCC(=O)N3CCC4(CC4)[C@H](O)C3)CC[C@H]2CN1C(=O)Nc1ccc(C(F)(F)F)c(Cl)c1. The van der Waals surface area contributed by atoms with Gasteiger partial charge in [-0.2, -0.15) is 13.2 Å². The number of likely N-dealkylation sites (tertiary alicyclic amines) is 1. The third-order valence-electron chi connectivity index (χ3n) is 8.81. The molecule has 8 nitrogen and oxygen atoms in total. The molecular formula is C26H32ClF3N4O4. The van der Waals surface area contributed by atoms with Crippen molar-refractivity contribution in [2.45, 2.75) is 82.3 Å². The number of rotatable bonds is 4. The van der Waals surface area contributed by atoms with Crippen molar-refractivity contribution < 1.29 is 32.7 Å².